The highest BCUT2D eigenvalue weighted by Crippen LogP contribution is 2.40. The van der Waals surface area contributed by atoms with Crippen LogP contribution < -0.4 is 4.90 Å². The molecule has 4 nitrogen and oxygen atoms in total. The molecule has 0 radical (unpaired) electrons. The van der Waals surface area contributed by atoms with Gasteiger partial charge in [-0.2, -0.15) is 0 Å². The Balaban J connectivity index is 1.95. The highest BCUT2D eigenvalue weighted by Gasteiger charge is 2.48. The molecule has 2 aliphatic rings. The van der Waals surface area contributed by atoms with Crippen LogP contribution in [-0.4, -0.2) is 16.9 Å². The van der Waals surface area contributed by atoms with Gasteiger partial charge < -0.3 is 5.11 Å². The molecular weight excluding hydrogens is 266 g/mol. The van der Waals surface area contributed by atoms with Crippen molar-refractivity contribution in [2.45, 2.75) is 12.8 Å². The number of allylic oxidation sites excluding steroid dienone is 2. The van der Waals surface area contributed by atoms with E-state index in [0.29, 0.717) is 23.6 Å². The fourth-order valence-corrected chi connectivity index (χ4v) is 2.94. The number of benzene rings is 1. The van der Waals surface area contributed by atoms with Crippen LogP contribution in [-0.2, 0) is 9.59 Å². The van der Waals surface area contributed by atoms with Crippen molar-refractivity contribution in [3.8, 4) is 5.75 Å². The van der Waals surface area contributed by atoms with Crippen LogP contribution in [0.5, 0.6) is 5.75 Å². The van der Waals surface area contributed by atoms with E-state index in [1.54, 1.807) is 12.1 Å². The highest BCUT2D eigenvalue weighted by atomic mass is 35.5. The zero-order chi connectivity index (χ0) is 13.6. The molecule has 98 valence electrons. The van der Waals surface area contributed by atoms with Crippen LogP contribution in [0.1, 0.15) is 12.8 Å². The molecule has 0 bridgehead atoms. The number of rotatable bonds is 1. The summed E-state index contributed by atoms with van der Waals surface area (Å²) in [5.41, 5.74) is 0.498. The molecule has 1 N–H and O–H groups in total. The summed E-state index contributed by atoms with van der Waals surface area (Å²) in [6, 6.07) is 6.06. The number of hydrogen-bond acceptors (Lipinski definition) is 3. The third kappa shape index (κ3) is 1.92. The third-order valence-electron chi connectivity index (χ3n) is 3.68. The topological polar surface area (TPSA) is 57.6 Å². The Morgan fingerprint density at radius 3 is 2.42 bits per heavy atom. The molecule has 0 saturated carbocycles. The molecule has 3 rings (SSSR count). The number of anilines is 1. The van der Waals surface area contributed by atoms with E-state index in [9.17, 15) is 14.7 Å². The predicted octanol–water partition coefficient (Wildman–Crippen LogP) is 2.41. The minimum atomic E-state index is -0.348. The van der Waals surface area contributed by atoms with Gasteiger partial charge in [-0.25, -0.2) is 0 Å². The van der Waals surface area contributed by atoms with Gasteiger partial charge in [0, 0.05) is 5.03 Å². The van der Waals surface area contributed by atoms with Crippen molar-refractivity contribution >= 4 is 29.1 Å². The van der Waals surface area contributed by atoms with Crippen molar-refractivity contribution in [3.63, 3.8) is 0 Å². The summed E-state index contributed by atoms with van der Waals surface area (Å²) in [6.07, 6.45) is 2.77. The van der Waals surface area contributed by atoms with Crippen LogP contribution in [0, 0.1) is 11.8 Å². The average molecular weight is 278 g/mol. The number of halogens is 1. The first-order valence-corrected chi connectivity index (χ1v) is 6.47. The minimum Gasteiger partial charge on any atom is -0.508 e. The zero-order valence-electron chi connectivity index (χ0n) is 10.0. The molecular formula is C14H12ClNO3. The quantitative estimate of drug-likeness (QED) is 0.802. The van der Waals surface area contributed by atoms with Gasteiger partial charge >= 0.3 is 0 Å². The molecule has 1 saturated heterocycles. The van der Waals surface area contributed by atoms with E-state index in [1.807, 2.05) is 6.08 Å². The number of fused-ring (bicyclic) bond motifs is 1. The molecule has 1 aromatic carbocycles. The summed E-state index contributed by atoms with van der Waals surface area (Å²) in [7, 11) is 0. The van der Waals surface area contributed by atoms with Crippen LogP contribution >= 0.6 is 11.6 Å². The molecule has 0 spiro atoms. The second-order valence-electron chi connectivity index (χ2n) is 4.83. The van der Waals surface area contributed by atoms with Gasteiger partial charge in [0.05, 0.1) is 17.5 Å². The maximum Gasteiger partial charge on any atom is 0.238 e. The molecule has 0 aromatic heterocycles. The molecule has 5 heteroatoms. The van der Waals surface area contributed by atoms with Gasteiger partial charge in [-0.1, -0.05) is 17.7 Å². The van der Waals surface area contributed by atoms with Gasteiger partial charge in [-0.3, -0.25) is 14.5 Å². The Kier molecular flexibility index (Phi) is 2.82. The van der Waals surface area contributed by atoms with Gasteiger partial charge in [0.25, 0.3) is 0 Å². The molecule has 1 heterocycles. The minimum absolute atomic E-state index is 0.102. The summed E-state index contributed by atoms with van der Waals surface area (Å²) in [4.78, 5) is 25.9. The first-order valence-electron chi connectivity index (χ1n) is 6.09. The van der Waals surface area contributed by atoms with Crippen LogP contribution in [0.2, 0.25) is 0 Å². The number of phenols is 1. The summed E-state index contributed by atoms with van der Waals surface area (Å²) in [6.45, 7) is 0. The largest absolute Gasteiger partial charge is 0.508 e. The molecule has 1 aliphatic heterocycles. The summed E-state index contributed by atoms with van der Waals surface area (Å²) in [5.74, 6) is -0.930. The van der Waals surface area contributed by atoms with Crippen molar-refractivity contribution in [3.05, 3.63) is 35.4 Å². The monoisotopic (exact) mass is 277 g/mol. The summed E-state index contributed by atoms with van der Waals surface area (Å²) < 4.78 is 0. The van der Waals surface area contributed by atoms with Gasteiger partial charge in [-0.05, 0) is 37.1 Å². The van der Waals surface area contributed by atoms with Crippen LogP contribution in [0.3, 0.4) is 0 Å². The lowest BCUT2D eigenvalue weighted by molar-refractivity contribution is -0.122. The van der Waals surface area contributed by atoms with Crippen molar-refractivity contribution in [2.24, 2.45) is 11.8 Å². The lowest BCUT2D eigenvalue weighted by atomic mass is 9.85. The lowest BCUT2D eigenvalue weighted by Crippen LogP contribution is -2.30. The van der Waals surface area contributed by atoms with Crippen LogP contribution in [0.15, 0.2) is 35.4 Å². The normalized spacial score (nSPS) is 26.4. The number of nitrogens with zero attached hydrogens (tertiary/aromatic N) is 1. The predicted molar refractivity (Wildman–Crippen MR) is 70.7 cm³/mol. The molecule has 1 aromatic rings. The van der Waals surface area contributed by atoms with E-state index in [2.05, 4.69) is 0 Å². The lowest BCUT2D eigenvalue weighted by Gasteiger charge is -2.17. The van der Waals surface area contributed by atoms with Crippen molar-refractivity contribution in [2.75, 3.05) is 4.90 Å². The van der Waals surface area contributed by atoms with E-state index in [-0.39, 0.29) is 29.4 Å². The SMILES string of the molecule is O=C1[C@@H]2CC=C(Cl)C[C@H]2C(=O)N1c1ccc(O)cc1. The van der Waals surface area contributed by atoms with Gasteiger partial charge in [0.15, 0.2) is 0 Å². The smallest absolute Gasteiger partial charge is 0.238 e. The number of aromatic hydroxyl groups is 1. The maximum atomic E-state index is 12.3. The molecule has 0 unspecified atom stereocenters. The highest BCUT2D eigenvalue weighted by molar-refractivity contribution is 6.30. The molecule has 1 fully saturated rings. The van der Waals surface area contributed by atoms with E-state index in [0.717, 1.165) is 0 Å². The van der Waals surface area contributed by atoms with E-state index >= 15 is 0 Å². The number of hydrogen-bond donors (Lipinski definition) is 1. The summed E-state index contributed by atoms with van der Waals surface area (Å²) in [5, 5.41) is 9.91. The van der Waals surface area contributed by atoms with Gasteiger partial charge in [-0.15, -0.1) is 0 Å². The summed E-state index contributed by atoms with van der Waals surface area (Å²) >= 11 is 5.96. The Morgan fingerprint density at radius 1 is 1.11 bits per heavy atom. The Bertz CT molecular complexity index is 579. The van der Waals surface area contributed by atoms with Crippen LogP contribution in [0.25, 0.3) is 0 Å². The second-order valence-corrected chi connectivity index (χ2v) is 5.32. The van der Waals surface area contributed by atoms with E-state index in [4.69, 9.17) is 11.6 Å². The Morgan fingerprint density at radius 2 is 1.74 bits per heavy atom. The maximum absolute atomic E-state index is 12.3. The molecule has 2 atom stereocenters. The number of imide groups is 1. The van der Waals surface area contributed by atoms with E-state index in [1.165, 1.54) is 17.0 Å². The third-order valence-corrected chi connectivity index (χ3v) is 3.99. The molecule has 2 amide bonds. The molecule has 1 aliphatic carbocycles. The standard InChI is InChI=1S/C14H12ClNO3/c15-8-1-6-11-12(7-8)14(19)16(13(11)18)9-2-4-10(17)5-3-9/h1-5,11-12,17H,6-7H2/t11-,12-/m1/s1. The first-order chi connectivity index (χ1) is 9.08. The fourth-order valence-electron chi connectivity index (χ4n) is 2.68. The van der Waals surface area contributed by atoms with Crippen LogP contribution in [0.4, 0.5) is 5.69 Å². The fraction of sp³-hybridized carbons (Fsp3) is 0.286. The Hall–Kier alpha value is -1.81. The molecule has 19 heavy (non-hydrogen) atoms. The number of phenolic OH excluding ortho intramolecular Hbond substituents is 1. The van der Waals surface area contributed by atoms with Gasteiger partial charge in [0.2, 0.25) is 11.8 Å². The second kappa shape index (κ2) is 4.38. The van der Waals surface area contributed by atoms with E-state index < -0.39 is 0 Å². The van der Waals surface area contributed by atoms with Crippen molar-refractivity contribution in [1.82, 2.24) is 0 Å². The number of carbonyl (C=O) groups excluding carboxylic acids is 2. The first kappa shape index (κ1) is 12.2. The number of amides is 2. The van der Waals surface area contributed by atoms with Crippen molar-refractivity contribution < 1.29 is 14.7 Å². The Labute approximate surface area is 115 Å². The van der Waals surface area contributed by atoms with Gasteiger partial charge in [0.1, 0.15) is 5.75 Å². The zero-order valence-corrected chi connectivity index (χ0v) is 10.8. The number of carbonyl (C=O) groups is 2. The average Bonchev–Trinajstić information content (AvgIpc) is 2.63. The van der Waals surface area contributed by atoms with Crippen molar-refractivity contribution in [1.29, 1.82) is 0 Å².